The first-order valence-electron chi connectivity index (χ1n) is 23.6. The summed E-state index contributed by atoms with van der Waals surface area (Å²) < 4.78 is 0. The molecule has 0 aliphatic heterocycles. The minimum absolute atomic E-state index is 1.11. The lowest BCUT2D eigenvalue weighted by molar-refractivity contribution is 1.02. The van der Waals surface area contributed by atoms with Crippen LogP contribution in [0.4, 0.5) is 0 Å². The standard InChI is InChI=1S/C66H46/c1-37-13-21-43(22-14-37)58-53-35-55-56(36-54(53)59(44-23-15-38(2)16-24-44)64-50-12-8-6-10-48(50)47-9-5-7-11-49(47)63(58)64)61(46-27-19-40(4)20-28-46)66-52-34-32-42-30-29-41-31-33-51(62(52)57(41)42)65(66)60(55)45-25-17-39(3)18-26-45/h5-28,31-36H,29-30H2,1-4H3. The van der Waals surface area contributed by atoms with Gasteiger partial charge in [0, 0.05) is 0 Å². The largest absolute Gasteiger partial charge is 0.0616 e. The molecule has 0 radical (unpaired) electrons. The highest BCUT2D eigenvalue weighted by atomic mass is 14.4. The molecule has 12 aromatic rings. The van der Waals surface area contributed by atoms with Crippen molar-refractivity contribution in [3.8, 4) is 66.8 Å². The van der Waals surface area contributed by atoms with E-state index in [1.54, 1.807) is 0 Å². The third kappa shape index (κ3) is 5.22. The summed E-state index contributed by atoms with van der Waals surface area (Å²) in [7, 11) is 0. The van der Waals surface area contributed by atoms with Gasteiger partial charge in [0.25, 0.3) is 0 Å². The predicted molar refractivity (Wildman–Crippen MR) is 284 cm³/mol. The molecule has 0 atom stereocenters. The fourth-order valence-corrected chi connectivity index (χ4v) is 12.2. The second kappa shape index (κ2) is 13.9. The van der Waals surface area contributed by atoms with Crippen molar-refractivity contribution in [3.05, 3.63) is 215 Å². The number of rotatable bonds is 4. The molecule has 0 unspecified atom stereocenters. The highest BCUT2D eigenvalue weighted by Crippen LogP contribution is 2.60. The van der Waals surface area contributed by atoms with Crippen LogP contribution in [-0.2, 0) is 12.8 Å². The smallest absolute Gasteiger partial charge is 0.000741 e. The van der Waals surface area contributed by atoms with Gasteiger partial charge >= 0.3 is 0 Å². The monoisotopic (exact) mass is 838 g/mol. The normalized spacial score (nSPS) is 12.7. The van der Waals surface area contributed by atoms with E-state index >= 15 is 0 Å². The zero-order valence-corrected chi connectivity index (χ0v) is 37.7. The van der Waals surface area contributed by atoms with E-state index in [0.29, 0.717) is 0 Å². The molecule has 0 N–H and O–H groups in total. The summed E-state index contributed by atoms with van der Waals surface area (Å²) in [6.45, 7) is 8.80. The van der Waals surface area contributed by atoms with E-state index in [-0.39, 0.29) is 0 Å². The van der Waals surface area contributed by atoms with Crippen LogP contribution in [0.2, 0.25) is 0 Å². The van der Waals surface area contributed by atoms with Gasteiger partial charge in [0.15, 0.2) is 0 Å². The number of fused-ring (bicyclic) bond motifs is 11. The van der Waals surface area contributed by atoms with Crippen LogP contribution in [-0.4, -0.2) is 0 Å². The molecule has 0 amide bonds. The minimum atomic E-state index is 1.11. The van der Waals surface area contributed by atoms with Crippen molar-refractivity contribution in [2.24, 2.45) is 0 Å². The summed E-state index contributed by atoms with van der Waals surface area (Å²) >= 11 is 0. The maximum absolute atomic E-state index is 2.62. The number of benzene rings is 12. The van der Waals surface area contributed by atoms with Crippen molar-refractivity contribution in [1.82, 2.24) is 0 Å². The lowest BCUT2D eigenvalue weighted by atomic mass is 9.78. The number of hydrogen-bond donors (Lipinski definition) is 0. The Bertz CT molecular complexity index is 3810. The Morgan fingerprint density at radius 2 is 0.561 bits per heavy atom. The number of hydrogen-bond acceptors (Lipinski definition) is 0. The molecule has 14 rings (SSSR count). The number of aryl methyl sites for hydroxylation is 6. The van der Waals surface area contributed by atoms with Gasteiger partial charge in [-0.25, -0.2) is 0 Å². The molecule has 310 valence electrons. The van der Waals surface area contributed by atoms with Crippen LogP contribution in [0.5, 0.6) is 0 Å². The maximum atomic E-state index is 2.62. The van der Waals surface area contributed by atoms with Gasteiger partial charge in [-0.05, 0) is 195 Å². The Balaban J connectivity index is 1.30. The van der Waals surface area contributed by atoms with Crippen molar-refractivity contribution in [2.75, 3.05) is 0 Å². The van der Waals surface area contributed by atoms with E-state index in [1.807, 2.05) is 0 Å². The zero-order valence-electron chi connectivity index (χ0n) is 37.7. The molecule has 0 spiro atoms. The lowest BCUT2D eigenvalue weighted by Crippen LogP contribution is -1.97. The third-order valence-electron chi connectivity index (χ3n) is 15.3. The summed E-state index contributed by atoms with van der Waals surface area (Å²) in [5.41, 5.74) is 23.7. The van der Waals surface area contributed by atoms with Gasteiger partial charge in [-0.15, -0.1) is 0 Å². The Labute approximate surface area is 385 Å². The molecule has 0 aromatic heterocycles. The topological polar surface area (TPSA) is 0 Å². The molecule has 0 heteroatoms. The SMILES string of the molecule is Cc1ccc(-c2c3c(c(-c4ccc(C)cc4)c4cc5c(-c6ccc(C)cc6)c6c7ccccc7c7ccccc7c6c(-c6ccc(C)cc6)c5cc24)-c2ccc4c5c(ccc-3c25)CC4)cc1. The summed E-state index contributed by atoms with van der Waals surface area (Å²) in [5.74, 6) is 0. The summed E-state index contributed by atoms with van der Waals surface area (Å²) in [6.07, 6.45) is 2.21. The van der Waals surface area contributed by atoms with Gasteiger partial charge in [-0.2, -0.15) is 0 Å². The maximum Gasteiger partial charge on any atom is -0.000741 e. The van der Waals surface area contributed by atoms with Gasteiger partial charge in [-0.3, -0.25) is 0 Å². The second-order valence-electron chi connectivity index (χ2n) is 19.3. The molecule has 0 bridgehead atoms. The summed E-state index contributed by atoms with van der Waals surface area (Å²) in [4.78, 5) is 0. The first kappa shape index (κ1) is 37.6. The third-order valence-corrected chi connectivity index (χ3v) is 15.3. The van der Waals surface area contributed by atoms with Crippen molar-refractivity contribution in [1.29, 1.82) is 0 Å². The van der Waals surface area contributed by atoms with E-state index in [0.717, 1.165) is 12.8 Å². The van der Waals surface area contributed by atoms with E-state index < -0.39 is 0 Å². The van der Waals surface area contributed by atoms with Crippen LogP contribution in [0, 0.1) is 27.7 Å². The van der Waals surface area contributed by atoms with Crippen LogP contribution >= 0.6 is 0 Å². The Morgan fingerprint density at radius 3 is 0.924 bits per heavy atom. The molecule has 0 heterocycles. The Hall–Kier alpha value is -7.80. The van der Waals surface area contributed by atoms with E-state index in [1.165, 1.54) is 165 Å². The fraction of sp³-hybridized carbons (Fsp3) is 0.0909. The summed E-state index contributed by atoms with van der Waals surface area (Å²) in [6, 6.07) is 70.5. The van der Waals surface area contributed by atoms with Gasteiger partial charge in [0.05, 0.1) is 0 Å². The molecule has 12 aromatic carbocycles. The van der Waals surface area contributed by atoms with Gasteiger partial charge in [0.1, 0.15) is 0 Å². The second-order valence-corrected chi connectivity index (χ2v) is 19.3. The molecule has 0 saturated carbocycles. The van der Waals surface area contributed by atoms with Crippen molar-refractivity contribution in [2.45, 2.75) is 40.5 Å². The molecular formula is C66H46. The van der Waals surface area contributed by atoms with Crippen molar-refractivity contribution in [3.63, 3.8) is 0 Å². The molecule has 66 heavy (non-hydrogen) atoms. The van der Waals surface area contributed by atoms with Gasteiger partial charge < -0.3 is 0 Å². The highest BCUT2D eigenvalue weighted by Gasteiger charge is 2.34. The Kier molecular flexibility index (Phi) is 7.88. The Morgan fingerprint density at radius 1 is 0.242 bits per heavy atom. The van der Waals surface area contributed by atoms with E-state index in [4.69, 9.17) is 0 Å². The van der Waals surface area contributed by atoms with Crippen LogP contribution in [0.1, 0.15) is 33.4 Å². The molecule has 2 aliphatic rings. The van der Waals surface area contributed by atoms with Crippen LogP contribution in [0.15, 0.2) is 182 Å². The first-order valence-corrected chi connectivity index (χ1v) is 23.6. The average molecular weight is 839 g/mol. The lowest BCUT2D eigenvalue weighted by Gasteiger charge is -2.25. The summed E-state index contributed by atoms with van der Waals surface area (Å²) in [5, 5.41) is 15.8. The molecule has 0 nitrogen and oxygen atoms in total. The van der Waals surface area contributed by atoms with Crippen LogP contribution in [0.3, 0.4) is 0 Å². The van der Waals surface area contributed by atoms with Crippen molar-refractivity contribution < 1.29 is 0 Å². The first-order chi connectivity index (χ1) is 32.4. The van der Waals surface area contributed by atoms with E-state index in [9.17, 15) is 0 Å². The molecule has 0 fully saturated rings. The predicted octanol–water partition coefficient (Wildman–Crippen LogP) is 18.3. The fourth-order valence-electron chi connectivity index (χ4n) is 12.2. The zero-order chi connectivity index (χ0) is 43.9. The van der Waals surface area contributed by atoms with Gasteiger partial charge in [-0.1, -0.05) is 192 Å². The van der Waals surface area contributed by atoms with Crippen molar-refractivity contribution >= 4 is 64.6 Å². The van der Waals surface area contributed by atoms with Crippen LogP contribution < -0.4 is 0 Å². The molecule has 2 aliphatic carbocycles. The quantitative estimate of drug-likeness (QED) is 0.122. The highest BCUT2D eigenvalue weighted by molar-refractivity contribution is 6.38. The van der Waals surface area contributed by atoms with Gasteiger partial charge in [0.2, 0.25) is 0 Å². The van der Waals surface area contributed by atoms with E-state index in [2.05, 4.69) is 210 Å². The molecule has 0 saturated heterocycles. The average Bonchev–Trinajstić information content (AvgIpc) is 3.92. The minimum Gasteiger partial charge on any atom is -0.0616 e. The van der Waals surface area contributed by atoms with Crippen LogP contribution in [0.25, 0.3) is 131 Å². The molecular weight excluding hydrogens is 793 g/mol.